The molecule has 0 spiro atoms. The molecule has 1 aliphatic carbocycles. The molecule has 2 saturated heterocycles. The number of benzene rings is 1. The minimum atomic E-state index is -0.537. The first kappa shape index (κ1) is 33.9. The highest BCUT2D eigenvalue weighted by molar-refractivity contribution is 5.81. The van der Waals surface area contributed by atoms with Crippen LogP contribution in [0.15, 0.2) is 42.3 Å². The van der Waals surface area contributed by atoms with E-state index in [1.54, 1.807) is 13.2 Å². The van der Waals surface area contributed by atoms with Gasteiger partial charge in [-0.1, -0.05) is 26.0 Å². The number of methoxy groups -OCH3 is 1. The van der Waals surface area contributed by atoms with E-state index in [4.69, 9.17) is 18.9 Å². The van der Waals surface area contributed by atoms with Gasteiger partial charge in [-0.15, -0.1) is 0 Å². The molecule has 0 bridgehead atoms. The van der Waals surface area contributed by atoms with E-state index in [0.29, 0.717) is 31.7 Å². The normalized spacial score (nSPS) is 27.4. The number of halogens is 1. The molecule has 2 fully saturated rings. The zero-order valence-corrected chi connectivity index (χ0v) is 27.7. The summed E-state index contributed by atoms with van der Waals surface area (Å²) in [5.74, 6) is 1.26. The number of fused-ring (bicyclic) bond motifs is 1. The van der Waals surface area contributed by atoms with Gasteiger partial charge in [-0.2, -0.15) is 0 Å². The van der Waals surface area contributed by atoms with Crippen LogP contribution in [0.1, 0.15) is 71.3 Å². The van der Waals surface area contributed by atoms with Crippen LogP contribution in [0.5, 0.6) is 5.75 Å². The van der Waals surface area contributed by atoms with Crippen molar-refractivity contribution in [3.63, 3.8) is 0 Å². The Labute approximate surface area is 269 Å². The summed E-state index contributed by atoms with van der Waals surface area (Å²) < 4.78 is 37.9. The summed E-state index contributed by atoms with van der Waals surface area (Å²) in [5.41, 5.74) is 1.20. The number of nitrogens with zero attached hydrogens (tertiary/aromatic N) is 1. The van der Waals surface area contributed by atoms with Gasteiger partial charge in [0.1, 0.15) is 17.2 Å². The zero-order valence-electron chi connectivity index (χ0n) is 27.7. The second-order valence-electron chi connectivity index (χ2n) is 14.3. The van der Waals surface area contributed by atoms with Gasteiger partial charge in [0.25, 0.3) is 0 Å². The Kier molecular flexibility index (Phi) is 11.6. The number of ether oxygens (including phenoxy) is 4. The van der Waals surface area contributed by atoms with Gasteiger partial charge in [0, 0.05) is 63.9 Å². The van der Waals surface area contributed by atoms with Gasteiger partial charge in [0.2, 0.25) is 5.91 Å². The molecule has 4 aliphatic rings. The van der Waals surface area contributed by atoms with E-state index in [0.717, 1.165) is 94.8 Å². The highest BCUT2D eigenvalue weighted by Crippen LogP contribution is 2.43. The van der Waals surface area contributed by atoms with Crippen molar-refractivity contribution in [3.8, 4) is 5.75 Å². The van der Waals surface area contributed by atoms with Crippen molar-refractivity contribution in [2.45, 2.75) is 90.1 Å². The Bertz CT molecular complexity index is 1190. The van der Waals surface area contributed by atoms with Gasteiger partial charge in [-0.3, -0.25) is 4.79 Å². The smallest absolute Gasteiger partial charge is 0.225 e. The summed E-state index contributed by atoms with van der Waals surface area (Å²) in [5, 5.41) is 6.86. The van der Waals surface area contributed by atoms with E-state index in [-0.39, 0.29) is 23.8 Å². The predicted octanol–water partition coefficient (Wildman–Crippen LogP) is 5.71. The lowest BCUT2D eigenvalue weighted by Crippen LogP contribution is -2.53. The topological polar surface area (TPSA) is 81.3 Å². The third-order valence-electron chi connectivity index (χ3n) is 10.0. The van der Waals surface area contributed by atoms with E-state index in [2.05, 4.69) is 48.4 Å². The largest absolute Gasteiger partial charge is 0.483 e. The van der Waals surface area contributed by atoms with Crippen LogP contribution in [0.3, 0.4) is 0 Å². The summed E-state index contributed by atoms with van der Waals surface area (Å²) in [6, 6.07) is 6.60. The molecule has 0 saturated carbocycles. The van der Waals surface area contributed by atoms with Crippen molar-refractivity contribution in [2.75, 3.05) is 58.0 Å². The molecule has 0 radical (unpaired) electrons. The summed E-state index contributed by atoms with van der Waals surface area (Å²) >= 11 is 0. The quantitative estimate of drug-likeness (QED) is 0.272. The van der Waals surface area contributed by atoms with Crippen LogP contribution in [0, 0.1) is 17.3 Å². The molecule has 8 nitrogen and oxygen atoms in total. The van der Waals surface area contributed by atoms with E-state index in [9.17, 15) is 9.18 Å². The number of carbonyl (C=O) groups excluding carboxylic acids is 1. The third-order valence-corrected chi connectivity index (χ3v) is 10.0. The maximum Gasteiger partial charge on any atom is 0.225 e. The second kappa shape index (κ2) is 15.4. The zero-order chi connectivity index (χ0) is 31.9. The third kappa shape index (κ3) is 9.09. The number of carbonyl (C=O) groups is 1. The fourth-order valence-corrected chi connectivity index (χ4v) is 7.15. The maximum absolute atomic E-state index is 14.2. The van der Waals surface area contributed by atoms with Gasteiger partial charge in [0.15, 0.2) is 0 Å². The molecule has 5 rings (SSSR count). The standard InChI is InChI=1S/C36H54FN3O5/c1-35(2,34(41)39-22-26-13-17-43-18-14-26)21-30-10-11-31(23-38-30)44-24-27-9-12-33-32(19-27)40(15-6-16-42-4)25-36(3,45-33)28-7-5-8-29(37)20-28/h5,8-9,12,19-20,26,28,30-31,38H,6-7,10-11,13-18,21-25H2,1-4H3,(H,39,41)/t28?,30-,31+,36+/m0/s1. The lowest BCUT2D eigenvalue weighted by atomic mass is 9.82. The van der Waals surface area contributed by atoms with Gasteiger partial charge in [0.05, 0.1) is 24.9 Å². The molecule has 4 atom stereocenters. The Hall–Kier alpha value is -2.46. The molecule has 9 heteroatoms. The van der Waals surface area contributed by atoms with Crippen molar-refractivity contribution in [2.24, 2.45) is 17.3 Å². The Morgan fingerprint density at radius 1 is 1.22 bits per heavy atom. The Balaban J connectivity index is 1.12. The number of allylic oxidation sites excluding steroid dienone is 3. The maximum atomic E-state index is 14.2. The Morgan fingerprint density at radius 3 is 2.78 bits per heavy atom. The predicted molar refractivity (Wildman–Crippen MR) is 175 cm³/mol. The molecule has 3 heterocycles. The minimum Gasteiger partial charge on any atom is -0.483 e. The van der Waals surface area contributed by atoms with E-state index in [1.165, 1.54) is 6.08 Å². The number of hydrogen-bond donors (Lipinski definition) is 2. The van der Waals surface area contributed by atoms with E-state index < -0.39 is 11.0 Å². The van der Waals surface area contributed by atoms with Crippen LogP contribution in [-0.2, 0) is 25.6 Å². The fourth-order valence-electron chi connectivity index (χ4n) is 7.15. The van der Waals surface area contributed by atoms with Crippen LogP contribution in [0.4, 0.5) is 10.1 Å². The molecular formula is C36H54FN3O5. The van der Waals surface area contributed by atoms with Gasteiger partial charge < -0.3 is 34.5 Å². The van der Waals surface area contributed by atoms with Crippen LogP contribution >= 0.6 is 0 Å². The van der Waals surface area contributed by atoms with Gasteiger partial charge >= 0.3 is 0 Å². The molecule has 250 valence electrons. The molecule has 1 aromatic rings. The number of anilines is 1. The molecule has 1 aromatic carbocycles. The van der Waals surface area contributed by atoms with E-state index >= 15 is 0 Å². The highest BCUT2D eigenvalue weighted by atomic mass is 19.1. The average molecular weight is 628 g/mol. The summed E-state index contributed by atoms with van der Waals surface area (Å²) in [7, 11) is 1.73. The van der Waals surface area contributed by atoms with Crippen molar-refractivity contribution >= 4 is 11.6 Å². The lowest BCUT2D eigenvalue weighted by molar-refractivity contribution is -0.130. The van der Waals surface area contributed by atoms with Crippen molar-refractivity contribution in [1.29, 1.82) is 0 Å². The Morgan fingerprint density at radius 2 is 2.04 bits per heavy atom. The first-order chi connectivity index (χ1) is 21.6. The van der Waals surface area contributed by atoms with Gasteiger partial charge in [-0.25, -0.2) is 4.39 Å². The fraction of sp³-hybridized carbons (Fsp3) is 0.694. The number of piperidine rings is 1. The summed E-state index contributed by atoms with van der Waals surface area (Å²) in [4.78, 5) is 15.4. The number of nitrogens with one attached hydrogen (secondary N) is 2. The summed E-state index contributed by atoms with van der Waals surface area (Å²) in [6.45, 7) is 12.0. The van der Waals surface area contributed by atoms with Crippen LogP contribution in [0.25, 0.3) is 0 Å². The first-order valence-corrected chi connectivity index (χ1v) is 17.0. The lowest BCUT2D eigenvalue weighted by Gasteiger charge is -2.46. The van der Waals surface area contributed by atoms with Crippen molar-refractivity contribution in [1.82, 2.24) is 10.6 Å². The number of hydrogen-bond acceptors (Lipinski definition) is 7. The number of amides is 1. The molecule has 1 unspecified atom stereocenters. The molecule has 2 N–H and O–H groups in total. The average Bonchev–Trinajstić information content (AvgIpc) is 3.04. The summed E-state index contributed by atoms with van der Waals surface area (Å²) in [6.07, 6.45) is 11.7. The van der Waals surface area contributed by atoms with Crippen LogP contribution < -0.4 is 20.3 Å². The highest BCUT2D eigenvalue weighted by Gasteiger charge is 2.42. The first-order valence-electron chi connectivity index (χ1n) is 17.0. The van der Waals surface area contributed by atoms with Crippen molar-refractivity contribution in [3.05, 3.63) is 47.8 Å². The molecule has 0 aromatic heterocycles. The van der Waals surface area contributed by atoms with Crippen LogP contribution in [0.2, 0.25) is 0 Å². The van der Waals surface area contributed by atoms with E-state index in [1.807, 2.05) is 12.1 Å². The van der Waals surface area contributed by atoms with Crippen molar-refractivity contribution < 1.29 is 28.1 Å². The molecule has 1 amide bonds. The molecular weight excluding hydrogens is 573 g/mol. The molecule has 45 heavy (non-hydrogen) atoms. The molecule has 3 aliphatic heterocycles. The monoisotopic (exact) mass is 627 g/mol. The number of rotatable bonds is 13. The SMILES string of the molecule is COCCCN1C[C@](C)(C2C=C(F)C=CC2)Oc2ccc(CO[C@@H]3CC[C@@H](CC(C)(C)C(=O)NCC4CCOCC4)NC3)cc21. The van der Waals surface area contributed by atoms with Gasteiger partial charge in [-0.05, 0) is 87.6 Å². The second-order valence-corrected chi connectivity index (χ2v) is 14.3. The van der Waals surface area contributed by atoms with Crippen LogP contribution in [-0.4, -0.2) is 76.8 Å². The minimum absolute atomic E-state index is 0.0386.